The Bertz CT molecular complexity index is 883. The number of anilines is 2. The number of halogens is 2. The summed E-state index contributed by atoms with van der Waals surface area (Å²) in [6, 6.07) is 6.57. The van der Waals surface area contributed by atoms with Crippen LogP contribution in [0.4, 0.5) is 11.5 Å². The van der Waals surface area contributed by atoms with E-state index in [0.717, 1.165) is 12.8 Å². The van der Waals surface area contributed by atoms with Crippen molar-refractivity contribution in [1.29, 1.82) is 0 Å². The van der Waals surface area contributed by atoms with Gasteiger partial charge in [-0.2, -0.15) is 0 Å². The van der Waals surface area contributed by atoms with E-state index in [1.54, 1.807) is 24.3 Å². The van der Waals surface area contributed by atoms with Gasteiger partial charge in [0.1, 0.15) is 5.82 Å². The largest absolute Gasteiger partial charge is 0.381 e. The van der Waals surface area contributed by atoms with Gasteiger partial charge in [-0.15, -0.1) is 0 Å². The number of hydrogen-bond donors (Lipinski definition) is 2. The molecule has 1 aliphatic rings. The highest BCUT2D eigenvalue weighted by molar-refractivity contribution is 6.36. The van der Waals surface area contributed by atoms with Crippen molar-refractivity contribution in [3.05, 3.63) is 51.6 Å². The molecular weight excluding hydrogens is 401 g/mol. The Labute approximate surface area is 173 Å². The Morgan fingerprint density at radius 3 is 2.61 bits per heavy atom. The highest BCUT2D eigenvalue weighted by atomic mass is 35.5. The summed E-state index contributed by atoms with van der Waals surface area (Å²) in [7, 11) is 0. The van der Waals surface area contributed by atoms with Crippen LogP contribution in [0.3, 0.4) is 0 Å². The van der Waals surface area contributed by atoms with Crippen molar-refractivity contribution >= 4 is 46.4 Å². The van der Waals surface area contributed by atoms with Crippen LogP contribution in [0.2, 0.25) is 10.0 Å². The molecule has 0 spiro atoms. The van der Waals surface area contributed by atoms with E-state index >= 15 is 0 Å². The summed E-state index contributed by atoms with van der Waals surface area (Å²) in [4.78, 5) is 28.9. The van der Waals surface area contributed by atoms with Gasteiger partial charge in [-0.3, -0.25) is 9.59 Å². The summed E-state index contributed by atoms with van der Waals surface area (Å²) in [5, 5.41) is 6.90. The van der Waals surface area contributed by atoms with E-state index in [-0.39, 0.29) is 17.3 Å². The summed E-state index contributed by atoms with van der Waals surface area (Å²) in [6.07, 6.45) is 3.24. The van der Waals surface area contributed by atoms with Crippen molar-refractivity contribution < 1.29 is 14.3 Å². The fourth-order valence-corrected chi connectivity index (χ4v) is 3.46. The van der Waals surface area contributed by atoms with Gasteiger partial charge in [-0.05, 0) is 49.9 Å². The Balaban J connectivity index is 1.74. The molecule has 6 nitrogen and oxygen atoms in total. The quantitative estimate of drug-likeness (QED) is 0.671. The standard InChI is InChI=1S/C20H21Cl2N3O3/c1-12(26)15-9-19(25-18-3-2-14(21)8-17(18)22)23-11-16(15)20(27)24-10-13-4-6-28-7-5-13/h2-3,8-9,11,13H,4-7,10H2,1H3,(H,23,25)(H,24,27). The Kier molecular flexibility index (Phi) is 6.88. The van der Waals surface area contributed by atoms with Crippen molar-refractivity contribution in [3.63, 3.8) is 0 Å². The minimum absolute atomic E-state index is 0.219. The fourth-order valence-electron chi connectivity index (χ4n) is 3.01. The molecule has 0 bridgehead atoms. The number of amides is 1. The number of carbonyl (C=O) groups excluding carboxylic acids is 2. The highest BCUT2D eigenvalue weighted by Crippen LogP contribution is 2.28. The van der Waals surface area contributed by atoms with Crippen molar-refractivity contribution in [2.24, 2.45) is 5.92 Å². The maximum Gasteiger partial charge on any atom is 0.253 e. The number of ketones is 1. The second-order valence-electron chi connectivity index (χ2n) is 6.69. The van der Waals surface area contributed by atoms with Crippen LogP contribution in [0.15, 0.2) is 30.5 Å². The van der Waals surface area contributed by atoms with Crippen LogP contribution in [-0.2, 0) is 4.74 Å². The van der Waals surface area contributed by atoms with Gasteiger partial charge in [0.05, 0.1) is 16.3 Å². The van der Waals surface area contributed by atoms with Crippen LogP contribution in [-0.4, -0.2) is 36.4 Å². The van der Waals surface area contributed by atoms with Gasteiger partial charge in [0, 0.05) is 36.5 Å². The number of nitrogens with one attached hydrogen (secondary N) is 2. The van der Waals surface area contributed by atoms with E-state index < -0.39 is 0 Å². The normalized spacial score (nSPS) is 14.5. The van der Waals surface area contributed by atoms with Gasteiger partial charge in [0.25, 0.3) is 5.91 Å². The Hall–Kier alpha value is -2.15. The predicted octanol–water partition coefficient (Wildman–Crippen LogP) is 4.49. The molecule has 28 heavy (non-hydrogen) atoms. The number of carbonyl (C=O) groups is 2. The van der Waals surface area contributed by atoms with Crippen LogP contribution in [0.5, 0.6) is 0 Å². The minimum Gasteiger partial charge on any atom is -0.381 e. The summed E-state index contributed by atoms with van der Waals surface area (Å²) in [5.74, 6) is 0.277. The third-order valence-electron chi connectivity index (χ3n) is 4.61. The smallest absolute Gasteiger partial charge is 0.253 e. The van der Waals surface area contributed by atoms with E-state index in [1.165, 1.54) is 13.1 Å². The molecule has 1 aliphatic heterocycles. The minimum atomic E-state index is -0.305. The topological polar surface area (TPSA) is 80.3 Å². The molecule has 2 aromatic rings. The van der Waals surface area contributed by atoms with E-state index in [2.05, 4.69) is 15.6 Å². The first-order chi connectivity index (χ1) is 13.4. The summed E-state index contributed by atoms with van der Waals surface area (Å²) < 4.78 is 5.33. The lowest BCUT2D eigenvalue weighted by molar-refractivity contribution is 0.0642. The van der Waals surface area contributed by atoms with Crippen LogP contribution in [0, 0.1) is 5.92 Å². The molecule has 3 rings (SSSR count). The molecule has 0 unspecified atom stereocenters. The van der Waals surface area contributed by atoms with Gasteiger partial charge in [0.15, 0.2) is 5.78 Å². The van der Waals surface area contributed by atoms with Crippen LogP contribution in [0.1, 0.15) is 40.5 Å². The Morgan fingerprint density at radius 2 is 1.93 bits per heavy atom. The fraction of sp³-hybridized carbons (Fsp3) is 0.350. The SMILES string of the molecule is CC(=O)c1cc(Nc2ccc(Cl)cc2Cl)ncc1C(=O)NCC1CCOCC1. The summed E-state index contributed by atoms with van der Waals surface area (Å²) in [5.41, 5.74) is 1.16. The third kappa shape index (κ3) is 5.22. The molecule has 1 saturated heterocycles. The van der Waals surface area contributed by atoms with Crippen LogP contribution in [0.25, 0.3) is 0 Å². The maximum absolute atomic E-state index is 12.6. The third-order valence-corrected chi connectivity index (χ3v) is 5.16. The molecule has 1 aromatic carbocycles. The molecule has 1 amide bonds. The first kappa shape index (κ1) is 20.6. The average molecular weight is 422 g/mol. The molecule has 2 heterocycles. The summed E-state index contributed by atoms with van der Waals surface area (Å²) in [6.45, 7) is 3.41. The number of nitrogens with zero attached hydrogens (tertiary/aromatic N) is 1. The molecule has 0 atom stereocenters. The average Bonchev–Trinajstić information content (AvgIpc) is 2.69. The van der Waals surface area contributed by atoms with Crippen molar-refractivity contribution in [2.45, 2.75) is 19.8 Å². The van der Waals surface area contributed by atoms with Crippen LogP contribution < -0.4 is 10.6 Å². The van der Waals surface area contributed by atoms with Crippen molar-refractivity contribution in [2.75, 3.05) is 25.1 Å². The molecule has 0 radical (unpaired) electrons. The van der Waals surface area contributed by atoms with Gasteiger partial charge >= 0.3 is 0 Å². The van der Waals surface area contributed by atoms with Gasteiger partial charge < -0.3 is 15.4 Å². The molecule has 8 heteroatoms. The molecule has 1 fully saturated rings. The summed E-state index contributed by atoms with van der Waals surface area (Å²) >= 11 is 12.1. The van der Waals surface area contributed by atoms with Gasteiger partial charge in [0.2, 0.25) is 0 Å². The van der Waals surface area contributed by atoms with Gasteiger partial charge in [-0.25, -0.2) is 4.98 Å². The zero-order chi connectivity index (χ0) is 20.1. The lowest BCUT2D eigenvalue weighted by Crippen LogP contribution is -2.33. The van der Waals surface area contributed by atoms with Crippen LogP contribution >= 0.6 is 23.2 Å². The number of rotatable bonds is 6. The van der Waals surface area contributed by atoms with Crippen molar-refractivity contribution in [3.8, 4) is 0 Å². The molecule has 2 N–H and O–H groups in total. The van der Waals surface area contributed by atoms with E-state index in [0.29, 0.717) is 52.8 Å². The molecule has 1 aromatic heterocycles. The second kappa shape index (κ2) is 9.37. The van der Waals surface area contributed by atoms with E-state index in [1.807, 2.05) is 0 Å². The van der Waals surface area contributed by atoms with E-state index in [9.17, 15) is 9.59 Å². The van der Waals surface area contributed by atoms with E-state index in [4.69, 9.17) is 27.9 Å². The second-order valence-corrected chi connectivity index (χ2v) is 7.53. The number of Topliss-reactive ketones (excluding diaryl/α,β-unsaturated/α-hetero) is 1. The van der Waals surface area contributed by atoms with Gasteiger partial charge in [-0.1, -0.05) is 23.2 Å². The number of pyridine rings is 1. The zero-order valence-electron chi connectivity index (χ0n) is 15.4. The highest BCUT2D eigenvalue weighted by Gasteiger charge is 2.19. The maximum atomic E-state index is 12.6. The number of ether oxygens (including phenoxy) is 1. The van der Waals surface area contributed by atoms with Crippen molar-refractivity contribution in [1.82, 2.24) is 10.3 Å². The first-order valence-electron chi connectivity index (χ1n) is 9.03. The first-order valence-corrected chi connectivity index (χ1v) is 9.78. The number of benzene rings is 1. The monoisotopic (exact) mass is 421 g/mol. The lowest BCUT2D eigenvalue weighted by atomic mass is 10.00. The Morgan fingerprint density at radius 1 is 1.18 bits per heavy atom. The molecular formula is C20H21Cl2N3O3. The predicted molar refractivity (Wildman–Crippen MR) is 110 cm³/mol. The molecule has 0 saturated carbocycles. The number of aromatic nitrogens is 1. The zero-order valence-corrected chi connectivity index (χ0v) is 16.9. The number of hydrogen-bond acceptors (Lipinski definition) is 5. The molecule has 0 aliphatic carbocycles. The molecule has 148 valence electrons. The lowest BCUT2D eigenvalue weighted by Gasteiger charge is -2.22.